The molecule has 2 aromatic carbocycles. The van der Waals surface area contributed by atoms with Crippen LogP contribution in [0.4, 0.5) is 22.0 Å². The van der Waals surface area contributed by atoms with Crippen LogP contribution in [0.15, 0.2) is 53.4 Å². The van der Waals surface area contributed by atoms with Crippen LogP contribution in [0.25, 0.3) is 0 Å². The Morgan fingerprint density at radius 2 is 1.58 bits per heavy atom. The molecule has 0 bridgehead atoms. The molecule has 0 unspecified atom stereocenters. The van der Waals surface area contributed by atoms with Crippen LogP contribution in [0.5, 0.6) is 0 Å². The number of sulfone groups is 1. The zero-order valence-corrected chi connectivity index (χ0v) is 13.7. The number of halogens is 5. The number of benzene rings is 2. The lowest BCUT2D eigenvalue weighted by Gasteiger charge is -2.13. The van der Waals surface area contributed by atoms with Crippen LogP contribution in [-0.4, -0.2) is 20.1 Å². The fraction of sp³-hybridized carbons (Fsp3) is 0.188. The molecular formula is C16H11F5O4S. The number of esters is 1. The highest BCUT2D eigenvalue weighted by molar-refractivity contribution is 7.91. The molecule has 0 saturated carbocycles. The summed E-state index contributed by atoms with van der Waals surface area (Å²) in [5.74, 6) is -4.64. The summed E-state index contributed by atoms with van der Waals surface area (Å²) in [6.07, 6.45) is -4.62. The van der Waals surface area contributed by atoms with E-state index in [1.165, 1.54) is 12.1 Å². The van der Waals surface area contributed by atoms with Gasteiger partial charge in [0.15, 0.2) is 0 Å². The third kappa shape index (κ3) is 4.37. The predicted octanol–water partition coefficient (Wildman–Crippen LogP) is 4.06. The molecule has 0 aliphatic carbocycles. The summed E-state index contributed by atoms with van der Waals surface area (Å²) in [6.45, 7) is -0.661. The van der Waals surface area contributed by atoms with Gasteiger partial charge in [-0.1, -0.05) is 18.2 Å². The maximum absolute atomic E-state index is 12.9. The minimum atomic E-state index is -4.81. The van der Waals surface area contributed by atoms with Crippen LogP contribution < -0.4 is 0 Å². The van der Waals surface area contributed by atoms with Gasteiger partial charge < -0.3 is 4.74 Å². The van der Waals surface area contributed by atoms with Crippen molar-refractivity contribution >= 4 is 15.8 Å². The van der Waals surface area contributed by atoms with Crippen molar-refractivity contribution in [2.75, 3.05) is 0 Å². The molecule has 10 heteroatoms. The smallest absolute Gasteiger partial charge is 0.416 e. The summed E-state index contributed by atoms with van der Waals surface area (Å²) in [6, 6.07) is 7.99. The van der Waals surface area contributed by atoms with Gasteiger partial charge in [0.2, 0.25) is 9.84 Å². The van der Waals surface area contributed by atoms with E-state index in [2.05, 4.69) is 0 Å². The average Bonchev–Trinajstić information content (AvgIpc) is 2.59. The number of rotatable bonds is 5. The normalized spacial score (nSPS) is 12.2. The first kappa shape index (κ1) is 19.8. The number of ether oxygens (including phenoxy) is 1. The fourth-order valence-electron chi connectivity index (χ4n) is 2.03. The van der Waals surface area contributed by atoms with Crippen LogP contribution in [-0.2, 0) is 27.4 Å². The van der Waals surface area contributed by atoms with Crippen molar-refractivity contribution < 1.29 is 39.9 Å². The van der Waals surface area contributed by atoms with Crippen LogP contribution in [0, 0.1) is 0 Å². The molecule has 2 rings (SSSR count). The van der Waals surface area contributed by atoms with Gasteiger partial charge in [0.05, 0.1) is 16.0 Å². The van der Waals surface area contributed by atoms with E-state index in [0.29, 0.717) is 0 Å². The van der Waals surface area contributed by atoms with Crippen LogP contribution in [0.2, 0.25) is 0 Å². The number of carbonyl (C=O) groups excluding carboxylic acids is 1. The predicted molar refractivity (Wildman–Crippen MR) is 80.2 cm³/mol. The largest absolute Gasteiger partial charge is 0.457 e. The zero-order valence-electron chi connectivity index (χ0n) is 12.8. The Hall–Kier alpha value is -2.49. The summed E-state index contributed by atoms with van der Waals surface area (Å²) in [5.41, 5.74) is -1.40. The van der Waals surface area contributed by atoms with Crippen molar-refractivity contribution in [1.29, 1.82) is 0 Å². The van der Waals surface area contributed by atoms with Gasteiger partial charge >= 0.3 is 17.9 Å². The van der Waals surface area contributed by atoms with E-state index >= 15 is 0 Å². The lowest BCUT2D eigenvalue weighted by atomic mass is 10.1. The molecule has 0 fully saturated rings. The summed E-state index contributed by atoms with van der Waals surface area (Å²) in [4.78, 5) is 11.2. The minimum absolute atomic E-state index is 0.192. The van der Waals surface area contributed by atoms with E-state index < -0.39 is 44.8 Å². The first-order valence-corrected chi connectivity index (χ1v) is 8.52. The first-order valence-electron chi connectivity index (χ1n) is 6.98. The molecule has 0 aliphatic heterocycles. The number of hydrogen-bond donors (Lipinski definition) is 0. The number of alkyl halides is 5. The van der Waals surface area contributed by atoms with E-state index in [-0.39, 0.29) is 11.1 Å². The topological polar surface area (TPSA) is 60.4 Å². The highest BCUT2D eigenvalue weighted by atomic mass is 32.2. The molecule has 26 heavy (non-hydrogen) atoms. The molecule has 0 saturated heterocycles. The Morgan fingerprint density at radius 1 is 1.00 bits per heavy atom. The molecule has 140 valence electrons. The van der Waals surface area contributed by atoms with Gasteiger partial charge in [-0.2, -0.15) is 22.0 Å². The average molecular weight is 394 g/mol. The Morgan fingerprint density at radius 3 is 2.12 bits per heavy atom. The second-order valence-corrected chi connectivity index (χ2v) is 6.98. The molecule has 4 nitrogen and oxygen atoms in total. The second kappa shape index (κ2) is 7.40. The quantitative estimate of drug-likeness (QED) is 0.567. The van der Waals surface area contributed by atoms with Crippen LogP contribution in [0.1, 0.15) is 21.5 Å². The van der Waals surface area contributed by atoms with E-state index in [4.69, 9.17) is 4.74 Å². The van der Waals surface area contributed by atoms with Gasteiger partial charge in [-0.25, -0.2) is 13.2 Å². The second-order valence-electron chi connectivity index (χ2n) is 5.06. The van der Waals surface area contributed by atoms with Crippen molar-refractivity contribution in [3.05, 3.63) is 65.2 Å². The standard InChI is InChI=1S/C16H11F5O4S/c17-15(18)26(23,24)12-7-5-10(6-8-12)14(22)25-9-11-3-1-2-4-13(11)16(19,20)21/h1-8,15H,9H2. The third-order valence-electron chi connectivity index (χ3n) is 3.33. The Bertz CT molecular complexity index is 890. The van der Waals surface area contributed by atoms with Crippen molar-refractivity contribution in [2.24, 2.45) is 0 Å². The summed E-state index contributed by atoms with van der Waals surface area (Å²) in [7, 11) is -4.81. The van der Waals surface area contributed by atoms with Gasteiger partial charge in [-0.3, -0.25) is 0 Å². The maximum atomic E-state index is 12.9. The molecule has 0 radical (unpaired) electrons. The van der Waals surface area contributed by atoms with Crippen molar-refractivity contribution in [3.8, 4) is 0 Å². The summed E-state index contributed by atoms with van der Waals surface area (Å²) in [5, 5.41) is 0. The summed E-state index contributed by atoms with van der Waals surface area (Å²) < 4.78 is 90.8. The Balaban J connectivity index is 2.13. The monoisotopic (exact) mass is 394 g/mol. The fourth-order valence-corrected chi connectivity index (χ4v) is 2.75. The van der Waals surface area contributed by atoms with Gasteiger partial charge in [0.25, 0.3) is 0 Å². The first-order chi connectivity index (χ1) is 12.0. The lowest BCUT2D eigenvalue weighted by Crippen LogP contribution is -2.13. The Labute approximate surface area is 145 Å². The molecule has 0 amide bonds. The van der Waals surface area contributed by atoms with Gasteiger partial charge in [-0.05, 0) is 30.3 Å². The van der Waals surface area contributed by atoms with Gasteiger partial charge in [0.1, 0.15) is 6.61 Å². The molecular weight excluding hydrogens is 383 g/mol. The van der Waals surface area contributed by atoms with E-state index in [0.717, 1.165) is 36.4 Å². The molecule has 0 aromatic heterocycles. The third-order valence-corrected chi connectivity index (χ3v) is 4.73. The van der Waals surface area contributed by atoms with E-state index in [1.807, 2.05) is 0 Å². The molecule has 2 aromatic rings. The molecule has 0 aliphatic rings. The highest BCUT2D eigenvalue weighted by Crippen LogP contribution is 2.32. The molecule has 0 atom stereocenters. The Kier molecular flexibility index (Phi) is 5.65. The SMILES string of the molecule is O=C(OCc1ccccc1C(F)(F)F)c1ccc(S(=O)(=O)C(F)F)cc1. The van der Waals surface area contributed by atoms with E-state index in [1.54, 1.807) is 0 Å². The minimum Gasteiger partial charge on any atom is -0.457 e. The number of carbonyl (C=O) groups is 1. The summed E-state index contributed by atoms with van der Waals surface area (Å²) >= 11 is 0. The van der Waals surface area contributed by atoms with Crippen molar-refractivity contribution in [2.45, 2.75) is 23.4 Å². The molecule has 0 spiro atoms. The van der Waals surface area contributed by atoms with E-state index in [9.17, 15) is 35.2 Å². The van der Waals surface area contributed by atoms with Crippen LogP contribution >= 0.6 is 0 Å². The highest BCUT2D eigenvalue weighted by Gasteiger charge is 2.33. The lowest BCUT2D eigenvalue weighted by molar-refractivity contribution is -0.138. The zero-order chi connectivity index (χ0) is 19.5. The van der Waals surface area contributed by atoms with Gasteiger partial charge in [-0.15, -0.1) is 0 Å². The van der Waals surface area contributed by atoms with Crippen molar-refractivity contribution in [3.63, 3.8) is 0 Å². The van der Waals surface area contributed by atoms with Crippen LogP contribution in [0.3, 0.4) is 0 Å². The number of hydrogen-bond acceptors (Lipinski definition) is 4. The van der Waals surface area contributed by atoms with Gasteiger partial charge in [0, 0.05) is 5.56 Å². The maximum Gasteiger partial charge on any atom is 0.416 e. The molecule has 0 heterocycles. The van der Waals surface area contributed by atoms with Crippen molar-refractivity contribution in [1.82, 2.24) is 0 Å². The molecule has 0 N–H and O–H groups in total.